The van der Waals surface area contributed by atoms with Crippen LogP contribution >= 0.6 is 0 Å². The first-order chi connectivity index (χ1) is 40.1. The van der Waals surface area contributed by atoms with Crippen LogP contribution in [0.2, 0.25) is 0 Å². The Morgan fingerprint density at radius 2 is 0.917 bits per heavy atom. The highest BCUT2D eigenvalue weighted by Gasteiger charge is 2.29. The summed E-state index contributed by atoms with van der Waals surface area (Å²) in [5.41, 5.74) is 0.701. The van der Waals surface area contributed by atoms with Crippen molar-refractivity contribution in [3.8, 4) is 5.75 Å². The predicted molar refractivity (Wildman–Crippen MR) is 312 cm³/mol. The summed E-state index contributed by atoms with van der Waals surface area (Å²) < 4.78 is 0. The number of rotatable bonds is 55. The summed E-state index contributed by atoms with van der Waals surface area (Å²) in [6.07, 6.45) is 15.0. The molecule has 0 saturated carbocycles. The number of carbonyl (C=O) groups is 12. The number of aliphatic hydroxyl groups is 1. The molecule has 84 heavy (non-hydrogen) atoms. The van der Waals surface area contributed by atoms with Gasteiger partial charge in [-0.05, 0) is 81.9 Å². The van der Waals surface area contributed by atoms with Crippen LogP contribution in [0.4, 0.5) is 0 Å². The quantitative estimate of drug-likeness (QED) is 0.0329. The van der Waals surface area contributed by atoms with Crippen molar-refractivity contribution in [1.29, 1.82) is 0 Å². The summed E-state index contributed by atoms with van der Waals surface area (Å²) in [5.74, 6) is -11.0. The van der Waals surface area contributed by atoms with E-state index in [-0.39, 0.29) is 107 Å². The van der Waals surface area contributed by atoms with E-state index in [0.717, 1.165) is 64.2 Å². The van der Waals surface area contributed by atoms with Gasteiger partial charge in [0.25, 0.3) is 0 Å². The lowest BCUT2D eigenvalue weighted by molar-refractivity contribution is -0.145. The van der Waals surface area contributed by atoms with Crippen LogP contribution in [0, 0.1) is 11.8 Å². The highest BCUT2D eigenvalue weighted by Crippen LogP contribution is 2.20. The number of nitrogens with one attached hydrogen (secondary N) is 5. The Bertz CT molecular complexity index is 2210. The van der Waals surface area contributed by atoms with Crippen LogP contribution in [-0.4, -0.2) is 152 Å². The average molecular weight is 1190 g/mol. The minimum atomic E-state index is -1.54. The number of carboxylic acids is 4. The van der Waals surface area contributed by atoms with Gasteiger partial charge in [0.2, 0.25) is 17.7 Å². The van der Waals surface area contributed by atoms with Crippen molar-refractivity contribution < 1.29 is 88.2 Å². The van der Waals surface area contributed by atoms with Gasteiger partial charge in [-0.15, -0.1) is 0 Å². The molecule has 474 valence electrons. The Balaban J connectivity index is 2.48. The molecule has 0 unspecified atom stereocenters. The van der Waals surface area contributed by atoms with Gasteiger partial charge in [0.15, 0.2) is 17.3 Å². The number of carboxylic acid groups (broad SMARTS) is 4. The third kappa shape index (κ3) is 37.7. The van der Waals surface area contributed by atoms with Gasteiger partial charge in [-0.25, -0.2) is 4.79 Å². The zero-order valence-corrected chi connectivity index (χ0v) is 49.6. The molecular weight excluding hydrogens is 1090 g/mol. The van der Waals surface area contributed by atoms with Gasteiger partial charge in [-0.1, -0.05) is 109 Å². The number of hydrogen-bond acceptors (Lipinski definition) is 16. The number of unbranched alkanes of at least 4 members (excludes halogenated alkanes) is 15. The number of hydrogen-bond donors (Lipinski definition) is 11. The Morgan fingerprint density at radius 1 is 0.452 bits per heavy atom. The van der Waals surface area contributed by atoms with Crippen LogP contribution in [0.1, 0.15) is 212 Å². The van der Waals surface area contributed by atoms with Crippen LogP contribution < -0.4 is 26.6 Å². The maximum absolute atomic E-state index is 13.4. The number of aliphatic hydroxyl groups excluding tert-OH is 1. The molecule has 3 amide bonds. The van der Waals surface area contributed by atoms with Crippen LogP contribution in [0.25, 0.3) is 0 Å². The number of benzene rings is 1. The van der Waals surface area contributed by atoms with Gasteiger partial charge in [-0.3, -0.25) is 52.7 Å². The maximum atomic E-state index is 13.4. The SMILES string of the molecule is CCCC[C@H](NCC(=O)[C@H](Cc1ccc(O)cc1)NC(C)=O)C(=O)CN[C@@H](CCCCNC(=O)CC[C@H](CC(=O)CC[C@H](NC(=O)CC[C@H](CC(=O)CCCCCCCCCCCCCCCCC(=O)O)C(=O)O)C(=O)O)C(=O)O)C(=O)CO. The molecule has 23 heteroatoms. The second-order valence-electron chi connectivity index (χ2n) is 22.0. The molecule has 6 atom stereocenters. The fourth-order valence-corrected chi connectivity index (χ4v) is 9.65. The third-order valence-corrected chi connectivity index (χ3v) is 14.7. The van der Waals surface area contributed by atoms with E-state index in [1.54, 1.807) is 12.1 Å². The van der Waals surface area contributed by atoms with Gasteiger partial charge in [0.1, 0.15) is 30.0 Å². The minimum absolute atomic E-state index is 0.0482. The first kappa shape index (κ1) is 75.6. The minimum Gasteiger partial charge on any atom is -0.508 e. The molecule has 0 aliphatic rings. The van der Waals surface area contributed by atoms with Crippen LogP contribution in [0.15, 0.2) is 24.3 Å². The van der Waals surface area contributed by atoms with E-state index in [1.165, 1.54) is 44.7 Å². The summed E-state index contributed by atoms with van der Waals surface area (Å²) in [4.78, 5) is 149. The van der Waals surface area contributed by atoms with Gasteiger partial charge in [0.05, 0.1) is 43.1 Å². The molecular formula is C61H97N5O18. The monoisotopic (exact) mass is 1190 g/mol. The van der Waals surface area contributed by atoms with E-state index in [1.807, 2.05) is 6.92 Å². The molecule has 0 spiro atoms. The van der Waals surface area contributed by atoms with E-state index < -0.39 is 109 Å². The second kappa shape index (κ2) is 45.9. The molecule has 11 N–H and O–H groups in total. The van der Waals surface area contributed by atoms with Crippen molar-refractivity contribution in [2.45, 2.75) is 237 Å². The molecule has 0 fully saturated rings. The summed E-state index contributed by atoms with van der Waals surface area (Å²) in [7, 11) is 0. The zero-order chi connectivity index (χ0) is 62.7. The van der Waals surface area contributed by atoms with E-state index >= 15 is 0 Å². The van der Waals surface area contributed by atoms with E-state index in [4.69, 9.17) is 5.11 Å². The lowest BCUT2D eigenvalue weighted by Crippen LogP contribution is -2.50. The highest BCUT2D eigenvalue weighted by atomic mass is 16.4. The number of amides is 3. The van der Waals surface area contributed by atoms with Crippen molar-refractivity contribution in [1.82, 2.24) is 26.6 Å². The van der Waals surface area contributed by atoms with E-state index in [9.17, 15) is 83.1 Å². The number of Topliss-reactive ketones (excluding diaryl/α,β-unsaturated/α-hetero) is 5. The normalized spacial score (nSPS) is 13.3. The lowest BCUT2D eigenvalue weighted by Gasteiger charge is -2.22. The average Bonchev–Trinajstić information content (AvgIpc) is 3.61. The summed E-state index contributed by atoms with van der Waals surface area (Å²) >= 11 is 0. The maximum Gasteiger partial charge on any atom is 0.326 e. The number of aromatic hydroxyl groups is 1. The van der Waals surface area contributed by atoms with Gasteiger partial charge in [0, 0.05) is 58.4 Å². The number of aliphatic carboxylic acids is 4. The predicted octanol–water partition coefficient (Wildman–Crippen LogP) is 6.09. The molecule has 1 aromatic carbocycles. The molecule has 1 rings (SSSR count). The van der Waals surface area contributed by atoms with E-state index in [2.05, 4.69) is 26.6 Å². The molecule has 0 aliphatic carbocycles. The smallest absolute Gasteiger partial charge is 0.326 e. The summed E-state index contributed by atoms with van der Waals surface area (Å²) in [6.45, 7) is 2.08. The van der Waals surface area contributed by atoms with Crippen molar-refractivity contribution in [3.63, 3.8) is 0 Å². The Morgan fingerprint density at radius 3 is 1.39 bits per heavy atom. The second-order valence-corrected chi connectivity index (χ2v) is 22.0. The first-order valence-corrected chi connectivity index (χ1v) is 30.3. The van der Waals surface area contributed by atoms with Gasteiger partial charge in [-0.2, -0.15) is 0 Å². The molecule has 1 aromatic rings. The topological polar surface area (TPSA) is 386 Å². The van der Waals surface area contributed by atoms with Crippen LogP contribution in [-0.2, 0) is 64.0 Å². The molecule has 0 radical (unpaired) electrons. The summed E-state index contributed by atoms with van der Waals surface area (Å²) in [6, 6.07) is 2.10. The first-order valence-electron chi connectivity index (χ1n) is 30.3. The van der Waals surface area contributed by atoms with Crippen LogP contribution in [0.3, 0.4) is 0 Å². The Hall–Kier alpha value is -6.46. The Labute approximate surface area is 494 Å². The van der Waals surface area contributed by atoms with Crippen molar-refractivity contribution >= 4 is 70.5 Å². The van der Waals surface area contributed by atoms with Crippen molar-refractivity contribution in [2.75, 3.05) is 26.2 Å². The number of phenolic OH excluding ortho intramolecular Hbond substituents is 1. The lowest BCUT2D eigenvalue weighted by atomic mass is 9.94. The summed E-state index contributed by atoms with van der Waals surface area (Å²) in [5, 5.41) is 70.7. The molecule has 0 bridgehead atoms. The third-order valence-electron chi connectivity index (χ3n) is 14.7. The fraction of sp³-hybridized carbons (Fsp3) is 0.705. The molecule has 0 aliphatic heterocycles. The van der Waals surface area contributed by atoms with Gasteiger partial charge >= 0.3 is 23.9 Å². The Kier molecular flexibility index (Phi) is 41.3. The molecule has 0 aromatic heterocycles. The van der Waals surface area contributed by atoms with Crippen LogP contribution in [0.5, 0.6) is 5.75 Å². The molecule has 23 nitrogen and oxygen atoms in total. The fourth-order valence-electron chi connectivity index (χ4n) is 9.65. The van der Waals surface area contributed by atoms with Crippen molar-refractivity contribution in [3.05, 3.63) is 29.8 Å². The number of phenols is 1. The molecule has 0 saturated heterocycles. The number of carbonyl (C=O) groups excluding carboxylic acids is 8. The van der Waals surface area contributed by atoms with Crippen molar-refractivity contribution in [2.24, 2.45) is 11.8 Å². The standard InChI is InChI=1S/C61H97N5O18/c1-3-4-22-49(63-40-54(73)52(65-42(2)68)36-43-25-29-46(69)30-26-43)53(72)39-64-50(55(74)41-67)23-19-20-35-62-56(75)33-27-44(59(79)80)38-48(71)31-32-51(61(83)84)66-57(76)34-28-45(60(81)82)37-47(70)21-17-15-13-11-9-7-5-6-8-10-12-14-16-18-24-58(77)78/h25-26,29-30,44-45,49-52,63-64,67,69H,3-24,27-28,31-41H2,1-2H3,(H,62,75)(H,65,68)(H,66,76)(H,77,78)(H,79,80)(H,81,82)(H,83,84)/t44-,45-,49+,50+,51+,52+/m1/s1. The largest absolute Gasteiger partial charge is 0.508 e. The van der Waals surface area contributed by atoms with Gasteiger partial charge < -0.3 is 57.2 Å². The highest BCUT2D eigenvalue weighted by molar-refractivity contribution is 5.92. The zero-order valence-electron chi connectivity index (χ0n) is 49.6. The van der Waals surface area contributed by atoms with E-state index in [0.29, 0.717) is 37.7 Å². The molecule has 0 heterocycles. The number of ketones is 5.